The van der Waals surface area contributed by atoms with Crippen LogP contribution in [0.5, 0.6) is 0 Å². The fraction of sp³-hybridized carbons (Fsp3) is 0.462. The summed E-state index contributed by atoms with van der Waals surface area (Å²) in [6.45, 7) is 11.8. The number of benzene rings is 1. The van der Waals surface area contributed by atoms with E-state index in [-0.39, 0.29) is 23.7 Å². The average molecular weight is 496 g/mol. The van der Waals surface area contributed by atoms with E-state index in [0.29, 0.717) is 41.5 Å². The van der Waals surface area contributed by atoms with Crippen LogP contribution in [0, 0.1) is 18.7 Å². The third-order valence-electron chi connectivity index (χ3n) is 6.42. The monoisotopic (exact) mass is 495 g/mol. The Morgan fingerprint density at radius 2 is 1.92 bits per heavy atom. The Hall–Kier alpha value is -3.53. The molecule has 10 heteroatoms. The summed E-state index contributed by atoms with van der Waals surface area (Å²) in [6, 6.07) is 6.90. The summed E-state index contributed by atoms with van der Waals surface area (Å²) in [5.41, 5.74) is 6.88. The van der Waals surface area contributed by atoms with Crippen LogP contribution >= 0.6 is 0 Å². The zero-order valence-corrected chi connectivity index (χ0v) is 21.7. The number of nitrogens with zero attached hydrogens (tertiary/aromatic N) is 5. The lowest BCUT2D eigenvalue weighted by molar-refractivity contribution is -0.120. The molecule has 1 fully saturated rings. The van der Waals surface area contributed by atoms with Gasteiger partial charge in [-0.1, -0.05) is 32.0 Å². The number of carbonyl (C=O) groups excluding carboxylic acids is 1. The lowest BCUT2D eigenvalue weighted by Gasteiger charge is -2.29. The first-order chi connectivity index (χ1) is 17.2. The quantitative estimate of drug-likeness (QED) is 0.381. The molecule has 3 aromatic rings. The van der Waals surface area contributed by atoms with Crippen molar-refractivity contribution in [3.05, 3.63) is 47.0 Å². The Morgan fingerprint density at radius 1 is 1.19 bits per heavy atom. The molecule has 2 N–H and O–H groups in total. The molecule has 0 bridgehead atoms. The van der Waals surface area contributed by atoms with Crippen LogP contribution < -0.4 is 15.6 Å². The van der Waals surface area contributed by atoms with Crippen molar-refractivity contribution in [1.82, 2.24) is 19.9 Å². The van der Waals surface area contributed by atoms with E-state index in [1.807, 2.05) is 37.6 Å². The molecule has 1 aromatic carbocycles. The number of aromatic nitrogens is 3. The number of hydrogen-bond donors (Lipinski definition) is 2. The lowest BCUT2D eigenvalue weighted by atomic mass is 10.0. The van der Waals surface area contributed by atoms with Crippen LogP contribution in [0.15, 0.2) is 29.4 Å². The number of rotatable bonds is 7. The maximum atomic E-state index is 14.6. The number of hydrazone groups is 1. The van der Waals surface area contributed by atoms with Gasteiger partial charge in [-0.3, -0.25) is 10.2 Å². The number of nitrogens with one attached hydrogen (secondary N) is 2. The first-order valence-corrected chi connectivity index (χ1v) is 12.2. The Balaban J connectivity index is 1.79. The lowest BCUT2D eigenvalue weighted by Crippen LogP contribution is -2.36. The number of morpholine rings is 1. The topological polar surface area (TPSA) is 96.7 Å². The van der Waals surface area contributed by atoms with Crippen LogP contribution in [0.4, 0.5) is 15.9 Å². The van der Waals surface area contributed by atoms with Crippen molar-refractivity contribution < 1.29 is 13.9 Å². The van der Waals surface area contributed by atoms with Crippen LogP contribution in [-0.4, -0.2) is 52.5 Å². The molecular formula is C26H34FN7O2. The second-order valence-electron chi connectivity index (χ2n) is 9.49. The first kappa shape index (κ1) is 25.6. The number of fused-ring (bicyclic) bond motifs is 1. The third kappa shape index (κ3) is 5.18. The molecule has 0 spiro atoms. The van der Waals surface area contributed by atoms with Crippen LogP contribution in [0.2, 0.25) is 0 Å². The normalized spacial score (nSPS) is 15.4. The molecule has 0 saturated carbocycles. The molecule has 1 unspecified atom stereocenters. The van der Waals surface area contributed by atoms with Gasteiger partial charge in [0.25, 0.3) is 0 Å². The van der Waals surface area contributed by atoms with Crippen molar-refractivity contribution in [3.8, 4) is 0 Å². The number of hydrogen-bond acceptors (Lipinski definition) is 7. The zero-order valence-electron chi connectivity index (χ0n) is 21.7. The van der Waals surface area contributed by atoms with Crippen LogP contribution in [0.1, 0.15) is 50.7 Å². The van der Waals surface area contributed by atoms with Crippen LogP contribution in [-0.2, 0) is 16.6 Å². The number of imidazole rings is 1. The molecule has 1 aliphatic rings. The SMILES string of the molecule is CC(=O)NC(c1nc2c(N3CCOCC3)cc(N/N=C(\C)c3cccc(C)c3F)nc2n1C)C(C)C. The van der Waals surface area contributed by atoms with Gasteiger partial charge in [-0.25, -0.2) is 14.4 Å². The first-order valence-electron chi connectivity index (χ1n) is 12.2. The number of amides is 1. The van der Waals surface area contributed by atoms with Gasteiger partial charge >= 0.3 is 0 Å². The highest BCUT2D eigenvalue weighted by molar-refractivity contribution is 5.99. The maximum absolute atomic E-state index is 14.6. The summed E-state index contributed by atoms with van der Waals surface area (Å²) in [4.78, 5) is 23.9. The van der Waals surface area contributed by atoms with E-state index >= 15 is 0 Å². The molecular weight excluding hydrogens is 461 g/mol. The van der Waals surface area contributed by atoms with Gasteiger partial charge in [-0.2, -0.15) is 5.10 Å². The van der Waals surface area contributed by atoms with Gasteiger partial charge in [0.2, 0.25) is 5.91 Å². The second kappa shape index (κ2) is 10.6. The van der Waals surface area contributed by atoms with Crippen LogP contribution in [0.25, 0.3) is 11.2 Å². The highest BCUT2D eigenvalue weighted by Gasteiger charge is 2.26. The molecule has 9 nitrogen and oxygen atoms in total. The predicted octanol–water partition coefficient (Wildman–Crippen LogP) is 3.92. The summed E-state index contributed by atoms with van der Waals surface area (Å²) in [6.07, 6.45) is 0. The van der Waals surface area contributed by atoms with Gasteiger partial charge in [0.1, 0.15) is 17.2 Å². The second-order valence-corrected chi connectivity index (χ2v) is 9.49. The minimum Gasteiger partial charge on any atom is -0.378 e. The van der Waals surface area contributed by atoms with E-state index in [4.69, 9.17) is 14.7 Å². The summed E-state index contributed by atoms with van der Waals surface area (Å²) >= 11 is 0. The standard InChI is InChI=1S/C26H34FN7O2/c1-15(2)23(28-18(5)35)25-30-24-20(34-10-12-36-13-11-34)14-21(29-26(24)33(25)6)32-31-17(4)19-9-7-8-16(3)22(19)27/h7-9,14-15,23H,10-13H2,1-6H3,(H,28,35)(H,29,32)/b31-17+. The molecule has 0 radical (unpaired) electrons. The van der Waals surface area contributed by atoms with E-state index in [1.165, 1.54) is 6.92 Å². The van der Waals surface area contributed by atoms with Crippen molar-refractivity contribution in [2.24, 2.45) is 18.1 Å². The predicted molar refractivity (Wildman–Crippen MR) is 140 cm³/mol. The van der Waals surface area contributed by atoms with E-state index < -0.39 is 0 Å². The minimum atomic E-state index is -0.285. The van der Waals surface area contributed by atoms with Gasteiger partial charge in [0.15, 0.2) is 11.5 Å². The third-order valence-corrected chi connectivity index (χ3v) is 6.42. The molecule has 3 heterocycles. The maximum Gasteiger partial charge on any atom is 0.217 e. The van der Waals surface area contributed by atoms with Gasteiger partial charge < -0.3 is 19.5 Å². The smallest absolute Gasteiger partial charge is 0.217 e. The number of carbonyl (C=O) groups is 1. The average Bonchev–Trinajstić information content (AvgIpc) is 3.18. The molecule has 2 aromatic heterocycles. The molecule has 4 rings (SSSR count). The Morgan fingerprint density at radius 3 is 2.58 bits per heavy atom. The van der Waals surface area contributed by atoms with Crippen molar-refractivity contribution in [2.75, 3.05) is 36.6 Å². The van der Waals surface area contributed by atoms with E-state index in [2.05, 4.69) is 20.7 Å². The Bertz CT molecular complexity index is 1300. The van der Waals surface area contributed by atoms with Crippen molar-refractivity contribution in [1.29, 1.82) is 0 Å². The van der Waals surface area contributed by atoms with Crippen molar-refractivity contribution in [2.45, 2.75) is 40.7 Å². The van der Waals surface area contributed by atoms with Crippen LogP contribution in [0.3, 0.4) is 0 Å². The molecule has 1 aliphatic heterocycles. The fourth-order valence-corrected chi connectivity index (χ4v) is 4.41. The highest BCUT2D eigenvalue weighted by Crippen LogP contribution is 2.32. The number of aryl methyl sites for hydroxylation is 2. The summed E-state index contributed by atoms with van der Waals surface area (Å²) in [7, 11) is 1.90. The summed E-state index contributed by atoms with van der Waals surface area (Å²) in [5.74, 6) is 0.984. The largest absolute Gasteiger partial charge is 0.378 e. The summed E-state index contributed by atoms with van der Waals surface area (Å²) in [5, 5.41) is 7.46. The highest BCUT2D eigenvalue weighted by atomic mass is 19.1. The molecule has 1 saturated heterocycles. The fourth-order valence-electron chi connectivity index (χ4n) is 4.41. The van der Waals surface area contributed by atoms with Gasteiger partial charge in [0.05, 0.1) is 30.7 Å². The van der Waals surface area contributed by atoms with Gasteiger partial charge in [0, 0.05) is 38.7 Å². The minimum absolute atomic E-state index is 0.113. The van der Waals surface area contributed by atoms with Crippen molar-refractivity contribution >= 4 is 34.3 Å². The van der Waals surface area contributed by atoms with Crippen molar-refractivity contribution in [3.63, 3.8) is 0 Å². The zero-order chi connectivity index (χ0) is 26.0. The summed E-state index contributed by atoms with van der Waals surface area (Å²) < 4.78 is 22.1. The number of anilines is 2. The molecule has 192 valence electrons. The van der Waals surface area contributed by atoms with E-state index in [0.717, 1.165) is 30.1 Å². The number of ether oxygens (including phenoxy) is 1. The molecule has 36 heavy (non-hydrogen) atoms. The Kier molecular flexibility index (Phi) is 7.53. The number of halogens is 1. The van der Waals surface area contributed by atoms with E-state index in [9.17, 15) is 9.18 Å². The van der Waals surface area contributed by atoms with Gasteiger partial charge in [-0.05, 0) is 25.3 Å². The molecule has 1 atom stereocenters. The van der Waals surface area contributed by atoms with E-state index in [1.54, 1.807) is 26.0 Å². The molecule has 0 aliphatic carbocycles. The number of pyridine rings is 1. The molecule has 1 amide bonds. The Labute approximate surface area is 210 Å². The van der Waals surface area contributed by atoms with Gasteiger partial charge in [-0.15, -0.1) is 0 Å².